The minimum absolute atomic E-state index is 0.0532. The molecule has 1 unspecified atom stereocenters. The average molecular weight is 502 g/mol. The van der Waals surface area contributed by atoms with Crippen LogP contribution in [0.25, 0.3) is 11.1 Å². The number of aryl methyl sites for hydroxylation is 3. The van der Waals surface area contributed by atoms with E-state index < -0.39 is 0 Å². The van der Waals surface area contributed by atoms with Crippen LogP contribution in [-0.4, -0.2) is 64.2 Å². The number of fused-ring (bicyclic) bond motifs is 1. The maximum Gasteiger partial charge on any atom is 0.254 e. The maximum absolute atomic E-state index is 14.0. The van der Waals surface area contributed by atoms with Gasteiger partial charge in [-0.2, -0.15) is 10.2 Å². The Morgan fingerprint density at radius 2 is 1.81 bits per heavy atom. The van der Waals surface area contributed by atoms with Crippen molar-refractivity contribution in [2.45, 2.75) is 60.4 Å². The molecule has 196 valence electrons. The molecule has 0 radical (unpaired) electrons. The first-order valence-electron chi connectivity index (χ1n) is 13.3. The highest BCUT2D eigenvalue weighted by molar-refractivity contribution is 5.99. The summed E-state index contributed by atoms with van der Waals surface area (Å²) >= 11 is 0. The molecule has 0 saturated heterocycles. The zero-order valence-corrected chi connectivity index (χ0v) is 23.3. The molecule has 1 aliphatic heterocycles. The smallest absolute Gasteiger partial charge is 0.254 e. The molecule has 1 aliphatic rings. The summed E-state index contributed by atoms with van der Waals surface area (Å²) in [4.78, 5) is 22.9. The van der Waals surface area contributed by atoms with Crippen molar-refractivity contribution in [3.8, 4) is 16.9 Å². The van der Waals surface area contributed by atoms with Gasteiger partial charge in [-0.15, -0.1) is 0 Å². The largest absolute Gasteiger partial charge is 0.493 e. The minimum Gasteiger partial charge on any atom is -0.493 e. The van der Waals surface area contributed by atoms with Crippen molar-refractivity contribution in [1.82, 2.24) is 25.0 Å². The molecular formula is C30H39N5O2. The summed E-state index contributed by atoms with van der Waals surface area (Å²) in [6.45, 7) is 15.3. The molecule has 4 rings (SSSR count). The summed E-state index contributed by atoms with van der Waals surface area (Å²) in [6, 6.07) is 8.27. The summed E-state index contributed by atoms with van der Waals surface area (Å²) in [7, 11) is 2.12. The monoisotopic (exact) mass is 501 g/mol. The standard InChI is InChI=1S/C30H39N5O2/c1-8-34(7)12-10-23-15-26(25-14-20(4)32-33-21(25)5)24-11-13-35(30(36)27(24)16-23)22(6)28-17-29(37-9-2)19(3)18-31-28/h14-18,22H,8-13H2,1-7H3. The van der Waals surface area contributed by atoms with Gasteiger partial charge in [-0.1, -0.05) is 13.0 Å². The number of aromatic nitrogens is 3. The van der Waals surface area contributed by atoms with E-state index >= 15 is 0 Å². The highest BCUT2D eigenvalue weighted by Gasteiger charge is 2.32. The number of rotatable bonds is 9. The number of nitrogens with zero attached hydrogens (tertiary/aromatic N) is 5. The molecule has 1 atom stereocenters. The van der Waals surface area contributed by atoms with Crippen LogP contribution in [0.15, 0.2) is 30.5 Å². The van der Waals surface area contributed by atoms with Crippen molar-refractivity contribution in [2.24, 2.45) is 0 Å². The summed E-state index contributed by atoms with van der Waals surface area (Å²) in [6.07, 6.45) is 3.49. The van der Waals surface area contributed by atoms with Crippen molar-refractivity contribution in [3.63, 3.8) is 0 Å². The van der Waals surface area contributed by atoms with Crippen LogP contribution in [0, 0.1) is 20.8 Å². The van der Waals surface area contributed by atoms with E-state index in [4.69, 9.17) is 4.74 Å². The van der Waals surface area contributed by atoms with Crippen molar-refractivity contribution in [3.05, 3.63) is 69.8 Å². The van der Waals surface area contributed by atoms with Crippen LogP contribution >= 0.6 is 0 Å². The molecule has 0 fully saturated rings. The van der Waals surface area contributed by atoms with Gasteiger partial charge >= 0.3 is 0 Å². The van der Waals surface area contributed by atoms with Gasteiger partial charge in [0.1, 0.15) is 5.75 Å². The Balaban J connectivity index is 1.75. The Bertz CT molecular complexity index is 1290. The quantitative estimate of drug-likeness (QED) is 0.405. The lowest BCUT2D eigenvalue weighted by Crippen LogP contribution is -2.40. The molecule has 0 saturated carbocycles. The third-order valence-corrected chi connectivity index (χ3v) is 7.39. The summed E-state index contributed by atoms with van der Waals surface area (Å²) in [5.74, 6) is 0.877. The lowest BCUT2D eigenvalue weighted by atomic mass is 9.86. The Hall–Kier alpha value is -3.32. The molecule has 7 heteroatoms. The Morgan fingerprint density at radius 3 is 2.54 bits per heavy atom. The van der Waals surface area contributed by atoms with E-state index in [1.54, 1.807) is 0 Å². The van der Waals surface area contributed by atoms with E-state index in [2.05, 4.69) is 59.2 Å². The van der Waals surface area contributed by atoms with Gasteiger partial charge in [0.05, 0.1) is 29.7 Å². The molecule has 1 amide bonds. The van der Waals surface area contributed by atoms with E-state index in [0.29, 0.717) is 13.2 Å². The highest BCUT2D eigenvalue weighted by atomic mass is 16.5. The number of carbonyl (C=O) groups excluding carboxylic acids is 1. The van der Waals surface area contributed by atoms with Gasteiger partial charge in [-0.25, -0.2) is 0 Å². The van der Waals surface area contributed by atoms with Crippen LogP contribution in [0.2, 0.25) is 0 Å². The second-order valence-electron chi connectivity index (χ2n) is 10.0. The molecule has 0 spiro atoms. The predicted octanol–water partition coefficient (Wildman–Crippen LogP) is 5.12. The van der Waals surface area contributed by atoms with E-state index in [1.807, 2.05) is 44.9 Å². The number of pyridine rings is 1. The number of hydrogen-bond acceptors (Lipinski definition) is 6. The van der Waals surface area contributed by atoms with Crippen LogP contribution in [-0.2, 0) is 12.8 Å². The third kappa shape index (κ3) is 5.67. The fraction of sp³-hybridized carbons (Fsp3) is 0.467. The zero-order valence-electron chi connectivity index (χ0n) is 23.3. The molecule has 3 heterocycles. The molecule has 0 aliphatic carbocycles. The van der Waals surface area contributed by atoms with Crippen LogP contribution in [0.4, 0.5) is 0 Å². The summed E-state index contributed by atoms with van der Waals surface area (Å²) in [5, 5.41) is 8.61. The predicted molar refractivity (Wildman–Crippen MR) is 147 cm³/mol. The molecular weight excluding hydrogens is 462 g/mol. The van der Waals surface area contributed by atoms with Gasteiger partial charge in [-0.3, -0.25) is 9.78 Å². The first-order chi connectivity index (χ1) is 17.7. The van der Waals surface area contributed by atoms with Crippen molar-refractivity contribution in [1.29, 1.82) is 0 Å². The van der Waals surface area contributed by atoms with Gasteiger partial charge in [0.15, 0.2) is 0 Å². The molecule has 7 nitrogen and oxygen atoms in total. The molecule has 2 aromatic heterocycles. The number of benzene rings is 1. The molecule has 0 bridgehead atoms. The van der Waals surface area contributed by atoms with Crippen molar-refractivity contribution in [2.75, 3.05) is 33.3 Å². The van der Waals surface area contributed by atoms with Gasteiger partial charge in [0, 0.05) is 42.0 Å². The Labute approximate surface area is 220 Å². The maximum atomic E-state index is 14.0. The average Bonchev–Trinajstić information content (AvgIpc) is 2.89. The van der Waals surface area contributed by atoms with Crippen LogP contribution in [0.3, 0.4) is 0 Å². The molecule has 3 aromatic rings. The van der Waals surface area contributed by atoms with Gasteiger partial charge in [0.25, 0.3) is 5.91 Å². The third-order valence-electron chi connectivity index (χ3n) is 7.39. The Kier molecular flexibility index (Phi) is 8.22. The van der Waals surface area contributed by atoms with Gasteiger partial charge < -0.3 is 14.5 Å². The van der Waals surface area contributed by atoms with E-state index in [9.17, 15) is 4.79 Å². The summed E-state index contributed by atoms with van der Waals surface area (Å²) in [5.41, 5.74) is 8.81. The topological polar surface area (TPSA) is 71.5 Å². The SMILES string of the molecule is CCOc1cc(C(C)N2CCc3c(cc(CCN(C)CC)cc3-c3cc(C)nnc3C)C2=O)ncc1C. The molecule has 1 aromatic carbocycles. The second kappa shape index (κ2) is 11.4. The molecule has 0 N–H and O–H groups in total. The fourth-order valence-electron chi connectivity index (χ4n) is 4.95. The van der Waals surface area contributed by atoms with Crippen molar-refractivity contribution < 1.29 is 9.53 Å². The fourth-order valence-corrected chi connectivity index (χ4v) is 4.95. The van der Waals surface area contributed by atoms with E-state index in [0.717, 1.165) is 82.1 Å². The first-order valence-corrected chi connectivity index (χ1v) is 13.3. The molecule has 37 heavy (non-hydrogen) atoms. The minimum atomic E-state index is -0.162. The van der Waals surface area contributed by atoms with E-state index in [-0.39, 0.29) is 11.9 Å². The number of hydrogen-bond donors (Lipinski definition) is 0. The van der Waals surface area contributed by atoms with E-state index in [1.165, 1.54) is 0 Å². The summed E-state index contributed by atoms with van der Waals surface area (Å²) < 4.78 is 5.80. The van der Waals surface area contributed by atoms with Gasteiger partial charge in [-0.05, 0) is 89.9 Å². The lowest BCUT2D eigenvalue weighted by molar-refractivity contribution is 0.0669. The first kappa shape index (κ1) is 26.7. The lowest BCUT2D eigenvalue weighted by Gasteiger charge is -2.35. The zero-order chi connectivity index (χ0) is 26.7. The van der Waals surface area contributed by atoms with Crippen LogP contribution < -0.4 is 4.74 Å². The number of likely N-dealkylation sites (N-methyl/N-ethyl adjacent to an activating group) is 1. The van der Waals surface area contributed by atoms with Crippen molar-refractivity contribution >= 4 is 5.91 Å². The highest BCUT2D eigenvalue weighted by Crippen LogP contribution is 2.36. The number of carbonyl (C=O) groups is 1. The van der Waals surface area contributed by atoms with Crippen LogP contribution in [0.5, 0.6) is 5.75 Å². The van der Waals surface area contributed by atoms with Crippen LogP contribution in [0.1, 0.15) is 70.9 Å². The normalized spacial score (nSPS) is 14.2. The number of amides is 1. The Morgan fingerprint density at radius 1 is 1.05 bits per heavy atom. The van der Waals surface area contributed by atoms with Gasteiger partial charge in [0.2, 0.25) is 0 Å². The number of ether oxygens (including phenoxy) is 1. The second-order valence-corrected chi connectivity index (χ2v) is 10.0.